The number of benzene rings is 1. The summed E-state index contributed by atoms with van der Waals surface area (Å²) in [7, 11) is 0. The molecule has 1 saturated heterocycles. The standard InChI is InChI=1S/C21H29N3O4/c1-13-11-16(18-15(17(13)22)7-10-27-18)19(25)23-12-14-5-8-24(9-6-14)20(26)28-21(2,3)4/h7,10-11,14H,5-6,8-9,12,22H2,1-4H3,(H,23,25). The summed E-state index contributed by atoms with van der Waals surface area (Å²) in [6.45, 7) is 9.31. The Morgan fingerprint density at radius 1 is 1.32 bits per heavy atom. The van der Waals surface area contributed by atoms with Crippen LogP contribution < -0.4 is 11.1 Å². The number of anilines is 1. The molecule has 0 atom stereocenters. The second-order valence-corrected chi connectivity index (χ2v) is 8.44. The number of rotatable bonds is 3. The molecular formula is C21H29N3O4. The smallest absolute Gasteiger partial charge is 0.410 e. The number of nitrogens with zero attached hydrogens (tertiary/aromatic N) is 1. The van der Waals surface area contributed by atoms with Crippen LogP contribution in [0.15, 0.2) is 22.8 Å². The van der Waals surface area contributed by atoms with Crippen molar-refractivity contribution in [3.8, 4) is 0 Å². The van der Waals surface area contributed by atoms with Crippen molar-refractivity contribution < 1.29 is 18.7 Å². The maximum absolute atomic E-state index is 12.7. The maximum Gasteiger partial charge on any atom is 0.410 e. The topological polar surface area (TPSA) is 97.8 Å². The average molecular weight is 387 g/mol. The summed E-state index contributed by atoms with van der Waals surface area (Å²) in [6.07, 6.45) is 2.93. The van der Waals surface area contributed by atoms with Crippen LogP contribution in [0.3, 0.4) is 0 Å². The number of nitrogens with two attached hydrogens (primary N) is 1. The lowest BCUT2D eigenvalue weighted by Gasteiger charge is -2.33. The van der Waals surface area contributed by atoms with Crippen LogP contribution in [0.5, 0.6) is 0 Å². The number of hydrogen-bond donors (Lipinski definition) is 2. The van der Waals surface area contributed by atoms with Gasteiger partial charge in [-0.25, -0.2) is 4.79 Å². The molecule has 152 valence electrons. The third kappa shape index (κ3) is 4.40. The van der Waals surface area contributed by atoms with E-state index in [9.17, 15) is 9.59 Å². The zero-order valence-electron chi connectivity index (χ0n) is 17.0. The molecule has 1 aromatic carbocycles. The predicted molar refractivity (Wildman–Crippen MR) is 108 cm³/mol. The van der Waals surface area contributed by atoms with Gasteiger partial charge in [0.25, 0.3) is 5.91 Å². The minimum absolute atomic E-state index is 0.169. The van der Waals surface area contributed by atoms with Crippen molar-refractivity contribution in [2.75, 3.05) is 25.4 Å². The minimum Gasteiger partial charge on any atom is -0.463 e. The number of likely N-dealkylation sites (tertiary alicyclic amines) is 1. The van der Waals surface area contributed by atoms with E-state index < -0.39 is 5.60 Å². The van der Waals surface area contributed by atoms with Gasteiger partial charge >= 0.3 is 6.09 Å². The number of amides is 2. The highest BCUT2D eigenvalue weighted by molar-refractivity contribution is 6.08. The second-order valence-electron chi connectivity index (χ2n) is 8.44. The molecule has 0 aliphatic carbocycles. The molecule has 7 heteroatoms. The molecule has 0 bridgehead atoms. The Morgan fingerprint density at radius 3 is 2.64 bits per heavy atom. The molecule has 1 aliphatic heterocycles. The first kappa shape index (κ1) is 20.0. The average Bonchev–Trinajstić information content (AvgIpc) is 3.11. The lowest BCUT2D eigenvalue weighted by molar-refractivity contribution is 0.0183. The Morgan fingerprint density at radius 2 is 2.00 bits per heavy atom. The Bertz CT molecular complexity index is 874. The molecule has 3 rings (SSSR count). The van der Waals surface area contributed by atoms with Gasteiger partial charge in [-0.05, 0) is 64.2 Å². The molecule has 0 radical (unpaired) electrons. The molecule has 2 amide bonds. The minimum atomic E-state index is -0.490. The van der Waals surface area contributed by atoms with Gasteiger partial charge in [0.05, 0.1) is 11.8 Å². The second kappa shape index (κ2) is 7.73. The molecule has 1 aliphatic rings. The van der Waals surface area contributed by atoms with Gasteiger partial charge in [0, 0.05) is 30.7 Å². The third-order valence-corrected chi connectivity index (χ3v) is 5.05. The summed E-state index contributed by atoms with van der Waals surface area (Å²) in [5.41, 5.74) is 8.07. The molecule has 2 heterocycles. The lowest BCUT2D eigenvalue weighted by atomic mass is 9.96. The van der Waals surface area contributed by atoms with Crippen molar-refractivity contribution in [1.82, 2.24) is 10.2 Å². The van der Waals surface area contributed by atoms with E-state index in [1.807, 2.05) is 27.7 Å². The molecule has 2 aromatic rings. The monoisotopic (exact) mass is 387 g/mol. The van der Waals surface area contributed by atoms with Gasteiger partial charge in [-0.3, -0.25) is 4.79 Å². The van der Waals surface area contributed by atoms with E-state index in [4.69, 9.17) is 14.9 Å². The van der Waals surface area contributed by atoms with Crippen LogP contribution in [0.2, 0.25) is 0 Å². The van der Waals surface area contributed by atoms with E-state index in [-0.39, 0.29) is 12.0 Å². The van der Waals surface area contributed by atoms with Crippen LogP contribution in [0.25, 0.3) is 11.0 Å². The lowest BCUT2D eigenvalue weighted by Crippen LogP contribution is -2.43. The molecule has 7 nitrogen and oxygen atoms in total. The number of nitrogen functional groups attached to an aromatic ring is 1. The number of fused-ring (bicyclic) bond motifs is 1. The highest BCUT2D eigenvalue weighted by Crippen LogP contribution is 2.29. The van der Waals surface area contributed by atoms with Gasteiger partial charge in [-0.2, -0.15) is 0 Å². The number of carbonyl (C=O) groups excluding carboxylic acids is 2. The zero-order chi connectivity index (χ0) is 20.5. The van der Waals surface area contributed by atoms with Crippen LogP contribution in [0.4, 0.5) is 10.5 Å². The van der Waals surface area contributed by atoms with Crippen LogP contribution in [0, 0.1) is 12.8 Å². The number of piperidine rings is 1. The Labute approximate surface area is 165 Å². The van der Waals surface area contributed by atoms with E-state index in [2.05, 4.69) is 5.32 Å². The number of ether oxygens (including phenoxy) is 1. The third-order valence-electron chi connectivity index (χ3n) is 5.05. The molecule has 3 N–H and O–H groups in total. The fraction of sp³-hybridized carbons (Fsp3) is 0.524. The van der Waals surface area contributed by atoms with Crippen molar-refractivity contribution in [2.45, 2.75) is 46.1 Å². The molecule has 28 heavy (non-hydrogen) atoms. The van der Waals surface area contributed by atoms with Gasteiger partial charge in [-0.1, -0.05) is 0 Å². The normalized spacial score (nSPS) is 15.6. The van der Waals surface area contributed by atoms with E-state index in [0.29, 0.717) is 42.4 Å². The summed E-state index contributed by atoms with van der Waals surface area (Å²) in [6, 6.07) is 3.54. The fourth-order valence-electron chi connectivity index (χ4n) is 3.45. The quantitative estimate of drug-likeness (QED) is 0.783. The van der Waals surface area contributed by atoms with Crippen LogP contribution in [0.1, 0.15) is 49.5 Å². The van der Waals surface area contributed by atoms with Crippen molar-refractivity contribution in [3.05, 3.63) is 29.5 Å². The summed E-state index contributed by atoms with van der Waals surface area (Å²) >= 11 is 0. The van der Waals surface area contributed by atoms with E-state index >= 15 is 0 Å². The number of carbonyl (C=O) groups is 2. The molecule has 0 spiro atoms. The summed E-state index contributed by atoms with van der Waals surface area (Å²) < 4.78 is 10.9. The van der Waals surface area contributed by atoms with Crippen molar-refractivity contribution in [1.29, 1.82) is 0 Å². The molecule has 0 unspecified atom stereocenters. The number of aryl methyl sites for hydroxylation is 1. The largest absolute Gasteiger partial charge is 0.463 e. The molecule has 1 aromatic heterocycles. The van der Waals surface area contributed by atoms with E-state index in [1.165, 1.54) is 0 Å². The SMILES string of the molecule is Cc1cc(C(=O)NCC2CCN(C(=O)OC(C)(C)C)CC2)c2occc2c1N. The van der Waals surface area contributed by atoms with Crippen molar-refractivity contribution in [3.63, 3.8) is 0 Å². The molecular weight excluding hydrogens is 358 g/mol. The first-order chi connectivity index (χ1) is 13.2. The van der Waals surface area contributed by atoms with Crippen LogP contribution in [-0.4, -0.2) is 42.1 Å². The van der Waals surface area contributed by atoms with Gasteiger partial charge in [0.15, 0.2) is 0 Å². The van der Waals surface area contributed by atoms with E-state index in [1.54, 1.807) is 23.3 Å². The first-order valence-corrected chi connectivity index (χ1v) is 9.68. The number of nitrogens with one attached hydrogen (secondary N) is 1. The van der Waals surface area contributed by atoms with Gasteiger partial charge in [-0.15, -0.1) is 0 Å². The van der Waals surface area contributed by atoms with Gasteiger partial charge < -0.3 is 25.1 Å². The van der Waals surface area contributed by atoms with Crippen LogP contribution in [-0.2, 0) is 4.74 Å². The summed E-state index contributed by atoms with van der Waals surface area (Å²) in [5.74, 6) is 0.155. The van der Waals surface area contributed by atoms with Crippen molar-refractivity contribution in [2.24, 2.45) is 5.92 Å². The Balaban J connectivity index is 1.55. The number of furan rings is 1. The fourth-order valence-corrected chi connectivity index (χ4v) is 3.45. The molecule has 1 fully saturated rings. The highest BCUT2D eigenvalue weighted by atomic mass is 16.6. The summed E-state index contributed by atoms with van der Waals surface area (Å²) in [5, 5.41) is 3.77. The maximum atomic E-state index is 12.7. The van der Waals surface area contributed by atoms with Crippen LogP contribution >= 0.6 is 0 Å². The van der Waals surface area contributed by atoms with Crippen molar-refractivity contribution >= 4 is 28.7 Å². The van der Waals surface area contributed by atoms with Gasteiger partial charge in [0.2, 0.25) is 0 Å². The highest BCUT2D eigenvalue weighted by Gasteiger charge is 2.27. The molecule has 0 saturated carbocycles. The zero-order valence-corrected chi connectivity index (χ0v) is 17.0. The Kier molecular flexibility index (Phi) is 5.54. The predicted octanol–water partition coefficient (Wildman–Crippen LogP) is 3.70. The van der Waals surface area contributed by atoms with Gasteiger partial charge in [0.1, 0.15) is 11.2 Å². The summed E-state index contributed by atoms with van der Waals surface area (Å²) in [4.78, 5) is 26.6. The first-order valence-electron chi connectivity index (χ1n) is 9.68. The Hall–Kier alpha value is -2.70. The van der Waals surface area contributed by atoms with E-state index in [0.717, 1.165) is 23.8 Å². The number of hydrogen-bond acceptors (Lipinski definition) is 5.